The number of para-hydroxylation sites is 2. The minimum atomic E-state index is -0.0519. The quantitative estimate of drug-likeness (QED) is 0.188. The van der Waals surface area contributed by atoms with Gasteiger partial charge >= 0.3 is 5.69 Å². The first-order valence-electron chi connectivity index (χ1n) is 16.1. The molecule has 0 fully saturated rings. The van der Waals surface area contributed by atoms with E-state index in [1.807, 2.05) is 84.9 Å². The van der Waals surface area contributed by atoms with E-state index in [2.05, 4.69) is 54.6 Å². The zero-order valence-corrected chi connectivity index (χ0v) is 26.8. The molecule has 0 bridgehead atoms. The zero-order chi connectivity index (χ0) is 33.1. The van der Waals surface area contributed by atoms with Crippen LogP contribution >= 0.6 is 0 Å². The predicted molar refractivity (Wildman–Crippen MR) is 196 cm³/mol. The SMILES string of the molecule is Cn1c(=O)n(C)c2cc(-c3cccc(-c4nc(-c5ccccc5)nc(-c5ccccc5-c5cccc6c5oc5ccccc56)n4)c3)ccc21. The largest absolute Gasteiger partial charge is 0.455 e. The average molecular weight is 636 g/mol. The molecule has 49 heavy (non-hydrogen) atoms. The van der Waals surface area contributed by atoms with Gasteiger partial charge in [-0.25, -0.2) is 19.7 Å². The van der Waals surface area contributed by atoms with E-state index in [1.54, 1.807) is 23.2 Å². The van der Waals surface area contributed by atoms with Crippen molar-refractivity contribution in [1.82, 2.24) is 24.1 Å². The van der Waals surface area contributed by atoms with Crippen LogP contribution in [0.2, 0.25) is 0 Å². The lowest BCUT2D eigenvalue weighted by atomic mass is 9.97. The van der Waals surface area contributed by atoms with Crippen molar-refractivity contribution in [1.29, 1.82) is 0 Å². The van der Waals surface area contributed by atoms with Crippen LogP contribution in [0.25, 0.3) is 89.4 Å². The number of aryl methyl sites for hydroxylation is 2. The lowest BCUT2D eigenvalue weighted by Gasteiger charge is -2.13. The lowest BCUT2D eigenvalue weighted by molar-refractivity contribution is 0.670. The summed E-state index contributed by atoms with van der Waals surface area (Å²) in [5.74, 6) is 1.72. The summed E-state index contributed by atoms with van der Waals surface area (Å²) in [4.78, 5) is 27.8. The van der Waals surface area contributed by atoms with E-state index in [9.17, 15) is 4.79 Å². The van der Waals surface area contributed by atoms with Crippen molar-refractivity contribution in [2.24, 2.45) is 14.1 Å². The Morgan fingerprint density at radius 2 is 1.06 bits per heavy atom. The Morgan fingerprint density at radius 3 is 1.92 bits per heavy atom. The minimum absolute atomic E-state index is 0.0519. The van der Waals surface area contributed by atoms with Crippen LogP contribution < -0.4 is 5.69 Å². The van der Waals surface area contributed by atoms with Crippen LogP contribution in [0.4, 0.5) is 0 Å². The van der Waals surface area contributed by atoms with Gasteiger partial charge in [0.15, 0.2) is 17.5 Å². The Morgan fingerprint density at radius 1 is 0.469 bits per heavy atom. The standard InChI is InChI=1S/C42H29N5O2/c1-46-35-23-22-28(25-36(35)47(2)42(46)48)27-14-10-15-29(24-27)40-43-39(26-12-4-3-5-13-26)44-41(45-40)34-18-7-6-16-30(34)32-19-11-20-33-31-17-8-9-21-37(31)49-38(32)33/h3-25H,1-2H3. The first kappa shape index (κ1) is 28.6. The molecule has 7 nitrogen and oxygen atoms in total. The number of furan rings is 1. The van der Waals surface area contributed by atoms with Gasteiger partial charge in [0.1, 0.15) is 11.2 Å². The molecule has 0 spiro atoms. The zero-order valence-electron chi connectivity index (χ0n) is 26.8. The van der Waals surface area contributed by atoms with Gasteiger partial charge in [-0.05, 0) is 41.0 Å². The van der Waals surface area contributed by atoms with Crippen molar-refractivity contribution in [3.63, 3.8) is 0 Å². The monoisotopic (exact) mass is 635 g/mol. The second-order valence-electron chi connectivity index (χ2n) is 12.2. The Balaban J connectivity index is 1.22. The molecule has 3 heterocycles. The second-order valence-corrected chi connectivity index (χ2v) is 12.2. The number of fused-ring (bicyclic) bond motifs is 4. The van der Waals surface area contributed by atoms with E-state index in [0.29, 0.717) is 17.5 Å². The topological polar surface area (TPSA) is 78.7 Å². The molecule has 0 N–H and O–H groups in total. The van der Waals surface area contributed by atoms with Crippen molar-refractivity contribution in [3.8, 4) is 56.4 Å². The number of benzene rings is 6. The summed E-state index contributed by atoms with van der Waals surface area (Å²) < 4.78 is 9.78. The van der Waals surface area contributed by atoms with Gasteiger partial charge < -0.3 is 4.42 Å². The lowest BCUT2D eigenvalue weighted by Crippen LogP contribution is -2.19. The van der Waals surface area contributed by atoms with Crippen LogP contribution in [-0.2, 0) is 14.1 Å². The molecule has 0 amide bonds. The Labute approximate surface area is 281 Å². The smallest absolute Gasteiger partial charge is 0.328 e. The van der Waals surface area contributed by atoms with Gasteiger partial charge in [-0.2, -0.15) is 0 Å². The molecule has 0 aliphatic heterocycles. The van der Waals surface area contributed by atoms with Gasteiger partial charge in [0, 0.05) is 47.1 Å². The number of hydrogen-bond donors (Lipinski definition) is 0. The minimum Gasteiger partial charge on any atom is -0.455 e. The first-order chi connectivity index (χ1) is 24.0. The van der Waals surface area contributed by atoms with Crippen LogP contribution in [0, 0.1) is 0 Å². The molecule has 0 saturated carbocycles. The maximum atomic E-state index is 12.6. The van der Waals surface area contributed by atoms with Crippen LogP contribution in [0.1, 0.15) is 0 Å². The molecule has 9 aromatic rings. The predicted octanol–water partition coefficient (Wildman–Crippen LogP) is 9.30. The Hall–Kier alpha value is -6.60. The normalized spacial score (nSPS) is 11.6. The highest BCUT2D eigenvalue weighted by Gasteiger charge is 2.19. The number of imidazole rings is 1. The van der Waals surface area contributed by atoms with Gasteiger partial charge in [-0.15, -0.1) is 0 Å². The third kappa shape index (κ3) is 4.74. The van der Waals surface area contributed by atoms with Gasteiger partial charge in [0.25, 0.3) is 0 Å². The summed E-state index contributed by atoms with van der Waals surface area (Å²) >= 11 is 0. The molecular weight excluding hydrogens is 606 g/mol. The summed E-state index contributed by atoms with van der Waals surface area (Å²) in [6, 6.07) is 46.9. The maximum absolute atomic E-state index is 12.6. The fraction of sp³-hybridized carbons (Fsp3) is 0.0476. The molecule has 0 radical (unpaired) electrons. The van der Waals surface area contributed by atoms with Gasteiger partial charge in [-0.3, -0.25) is 9.13 Å². The van der Waals surface area contributed by atoms with Crippen molar-refractivity contribution in [2.45, 2.75) is 0 Å². The van der Waals surface area contributed by atoms with Gasteiger partial charge in [0.2, 0.25) is 0 Å². The van der Waals surface area contributed by atoms with Crippen LogP contribution in [0.15, 0.2) is 149 Å². The van der Waals surface area contributed by atoms with Crippen molar-refractivity contribution >= 4 is 33.0 Å². The van der Waals surface area contributed by atoms with E-state index in [4.69, 9.17) is 19.4 Å². The summed E-state index contributed by atoms with van der Waals surface area (Å²) in [7, 11) is 3.59. The highest BCUT2D eigenvalue weighted by Crippen LogP contribution is 2.39. The summed E-state index contributed by atoms with van der Waals surface area (Å²) in [5.41, 5.74) is 9.96. The molecule has 0 aliphatic carbocycles. The van der Waals surface area contributed by atoms with Crippen LogP contribution in [0.5, 0.6) is 0 Å². The third-order valence-corrected chi connectivity index (χ3v) is 9.26. The summed E-state index contributed by atoms with van der Waals surface area (Å²) in [6.07, 6.45) is 0. The Bertz CT molecular complexity index is 2770. The molecule has 234 valence electrons. The molecule has 0 atom stereocenters. The maximum Gasteiger partial charge on any atom is 0.328 e. The van der Waals surface area contributed by atoms with Gasteiger partial charge in [0.05, 0.1) is 11.0 Å². The highest BCUT2D eigenvalue weighted by atomic mass is 16.3. The molecule has 0 unspecified atom stereocenters. The Kier molecular flexibility index (Phi) is 6.59. The fourth-order valence-corrected chi connectivity index (χ4v) is 6.74. The molecule has 6 aromatic carbocycles. The number of rotatable bonds is 5. The van der Waals surface area contributed by atoms with E-state index in [1.165, 1.54) is 0 Å². The van der Waals surface area contributed by atoms with Gasteiger partial charge in [-0.1, -0.05) is 115 Å². The van der Waals surface area contributed by atoms with Crippen molar-refractivity contribution < 1.29 is 4.42 Å². The van der Waals surface area contributed by atoms with Crippen LogP contribution in [-0.4, -0.2) is 24.1 Å². The second kappa shape index (κ2) is 11.3. The van der Waals surface area contributed by atoms with E-state index in [-0.39, 0.29) is 5.69 Å². The van der Waals surface area contributed by atoms with E-state index >= 15 is 0 Å². The molecule has 0 saturated heterocycles. The molecule has 7 heteroatoms. The number of hydrogen-bond acceptors (Lipinski definition) is 5. The van der Waals surface area contributed by atoms with Crippen molar-refractivity contribution in [3.05, 3.63) is 150 Å². The molecule has 0 aliphatic rings. The van der Waals surface area contributed by atoms with Crippen molar-refractivity contribution in [2.75, 3.05) is 0 Å². The highest BCUT2D eigenvalue weighted by molar-refractivity contribution is 6.10. The average Bonchev–Trinajstić information content (AvgIpc) is 3.65. The van der Waals surface area contributed by atoms with Crippen LogP contribution in [0.3, 0.4) is 0 Å². The molecule has 9 rings (SSSR count). The van der Waals surface area contributed by atoms with E-state index in [0.717, 1.165) is 71.9 Å². The fourth-order valence-electron chi connectivity index (χ4n) is 6.74. The molecular formula is C42H29N5O2. The first-order valence-corrected chi connectivity index (χ1v) is 16.1. The summed E-state index contributed by atoms with van der Waals surface area (Å²) in [5, 5.41) is 2.15. The number of nitrogens with zero attached hydrogens (tertiary/aromatic N) is 5. The molecule has 3 aromatic heterocycles. The number of aromatic nitrogens is 5. The summed E-state index contributed by atoms with van der Waals surface area (Å²) in [6.45, 7) is 0. The van der Waals surface area contributed by atoms with E-state index < -0.39 is 0 Å². The third-order valence-electron chi connectivity index (χ3n) is 9.26.